The van der Waals surface area contributed by atoms with E-state index in [-0.39, 0.29) is 0 Å². The number of rotatable bonds is 6. The Morgan fingerprint density at radius 2 is 1.62 bits per heavy atom. The predicted octanol–water partition coefficient (Wildman–Crippen LogP) is 4.01. The molecule has 8 heteroatoms. The second kappa shape index (κ2) is 7.23. The minimum Gasteiger partial charge on any atom is -0.404 e. The Morgan fingerprint density at radius 1 is 1.04 bits per heavy atom. The van der Waals surface area contributed by atoms with Crippen molar-refractivity contribution in [3.05, 3.63) is 60.2 Å². The third kappa shape index (κ3) is 4.72. The fraction of sp³-hybridized carbons (Fsp3) is 0.250. The van der Waals surface area contributed by atoms with E-state index in [0.717, 1.165) is 17.7 Å². The summed E-state index contributed by atoms with van der Waals surface area (Å²) in [7, 11) is -4.20. The van der Waals surface area contributed by atoms with Gasteiger partial charge in [-0.15, -0.1) is 13.2 Å². The molecule has 0 radical (unpaired) electrons. The molecule has 24 heavy (non-hydrogen) atoms. The summed E-state index contributed by atoms with van der Waals surface area (Å²) in [6, 6.07) is 12.9. The highest BCUT2D eigenvalue weighted by atomic mass is 32.2. The molecule has 0 spiro atoms. The van der Waals surface area contributed by atoms with Crippen molar-refractivity contribution in [2.75, 3.05) is 0 Å². The molecule has 0 aliphatic rings. The van der Waals surface area contributed by atoms with E-state index in [0.29, 0.717) is 6.42 Å². The zero-order valence-electron chi connectivity index (χ0n) is 12.7. The molecule has 0 aliphatic heterocycles. The Hall–Kier alpha value is -2.06. The fourth-order valence-corrected chi connectivity index (χ4v) is 3.64. The molecule has 0 heterocycles. The van der Waals surface area contributed by atoms with E-state index >= 15 is 0 Å². The average molecular weight is 359 g/mol. The molecule has 2 aromatic rings. The lowest BCUT2D eigenvalue weighted by Gasteiger charge is -2.19. The van der Waals surface area contributed by atoms with Crippen molar-refractivity contribution in [2.24, 2.45) is 0 Å². The van der Waals surface area contributed by atoms with Crippen molar-refractivity contribution in [3.63, 3.8) is 0 Å². The van der Waals surface area contributed by atoms with Crippen molar-refractivity contribution in [2.45, 2.75) is 30.6 Å². The lowest BCUT2D eigenvalue weighted by atomic mass is 10.1. The smallest absolute Gasteiger partial charge is 0.404 e. The summed E-state index contributed by atoms with van der Waals surface area (Å²) in [5.41, 5.74) is 0.720. The summed E-state index contributed by atoms with van der Waals surface area (Å²) < 4.78 is 68.7. The highest BCUT2D eigenvalue weighted by molar-refractivity contribution is 7.89. The van der Waals surface area contributed by atoms with E-state index in [4.69, 9.17) is 0 Å². The van der Waals surface area contributed by atoms with Gasteiger partial charge in [0.25, 0.3) is 0 Å². The molecule has 1 atom stereocenters. The molecule has 2 aromatic carbocycles. The van der Waals surface area contributed by atoms with Gasteiger partial charge in [0.15, 0.2) is 0 Å². The zero-order valence-corrected chi connectivity index (χ0v) is 13.6. The molecule has 0 amide bonds. The second-order valence-electron chi connectivity index (χ2n) is 4.99. The van der Waals surface area contributed by atoms with Crippen LogP contribution >= 0.6 is 0 Å². The number of nitrogens with one attached hydrogen (secondary N) is 1. The van der Waals surface area contributed by atoms with Crippen LogP contribution in [0.3, 0.4) is 0 Å². The van der Waals surface area contributed by atoms with E-state index < -0.39 is 33.1 Å². The first-order valence-electron chi connectivity index (χ1n) is 7.15. The van der Waals surface area contributed by atoms with E-state index in [1.807, 2.05) is 0 Å². The van der Waals surface area contributed by atoms with Gasteiger partial charge in [0.1, 0.15) is 10.6 Å². The van der Waals surface area contributed by atoms with E-state index in [9.17, 15) is 21.6 Å². The third-order valence-corrected chi connectivity index (χ3v) is 4.78. The highest BCUT2D eigenvalue weighted by Crippen LogP contribution is 2.30. The number of sulfonamides is 1. The molecule has 0 aliphatic carbocycles. The van der Waals surface area contributed by atoms with Crippen molar-refractivity contribution in [1.82, 2.24) is 4.72 Å². The van der Waals surface area contributed by atoms with Crippen LogP contribution in [-0.4, -0.2) is 14.8 Å². The van der Waals surface area contributed by atoms with Gasteiger partial charge in [-0.25, -0.2) is 13.1 Å². The van der Waals surface area contributed by atoms with Gasteiger partial charge >= 0.3 is 6.36 Å². The van der Waals surface area contributed by atoms with Crippen LogP contribution in [0.2, 0.25) is 0 Å². The fourth-order valence-electron chi connectivity index (χ4n) is 2.20. The van der Waals surface area contributed by atoms with Crippen LogP contribution in [0.15, 0.2) is 59.5 Å². The van der Waals surface area contributed by atoms with Crippen LogP contribution in [0.5, 0.6) is 5.75 Å². The maximum atomic E-state index is 12.5. The number of ether oxygens (including phenoxy) is 1. The van der Waals surface area contributed by atoms with Gasteiger partial charge in [0.2, 0.25) is 10.0 Å². The van der Waals surface area contributed by atoms with Crippen molar-refractivity contribution in [1.29, 1.82) is 0 Å². The molecule has 0 fully saturated rings. The van der Waals surface area contributed by atoms with Gasteiger partial charge in [-0.2, -0.15) is 0 Å². The van der Waals surface area contributed by atoms with Gasteiger partial charge < -0.3 is 4.74 Å². The van der Waals surface area contributed by atoms with Gasteiger partial charge in [-0.3, -0.25) is 0 Å². The molecule has 130 valence electrons. The summed E-state index contributed by atoms with van der Waals surface area (Å²) in [4.78, 5) is -0.559. The number of hydrogen-bond donors (Lipinski definition) is 1. The lowest BCUT2D eigenvalue weighted by molar-refractivity contribution is -0.275. The highest BCUT2D eigenvalue weighted by Gasteiger charge is 2.34. The number of alkyl halides is 3. The monoisotopic (exact) mass is 359 g/mol. The molecule has 2 rings (SSSR count). The summed E-state index contributed by atoms with van der Waals surface area (Å²) in [5, 5.41) is 0. The van der Waals surface area contributed by atoms with Gasteiger partial charge in [-0.05, 0) is 24.1 Å². The maximum absolute atomic E-state index is 12.5. The van der Waals surface area contributed by atoms with E-state index in [2.05, 4.69) is 9.46 Å². The van der Waals surface area contributed by atoms with Crippen molar-refractivity contribution >= 4 is 10.0 Å². The quantitative estimate of drug-likeness (QED) is 0.848. The zero-order chi connectivity index (χ0) is 17.8. The Labute approximate surface area is 138 Å². The van der Waals surface area contributed by atoms with Gasteiger partial charge in [0.05, 0.1) is 0 Å². The standard InChI is InChI=1S/C16H16F3NO3S/c1-2-13(12-8-4-3-5-9-12)20-24(21,22)15-11-7-6-10-14(15)23-16(17,18)19/h3-11,13,20H,2H2,1H3. The molecule has 1 unspecified atom stereocenters. The molecule has 0 saturated heterocycles. The topological polar surface area (TPSA) is 55.4 Å². The minimum absolute atomic E-state index is 0.436. The van der Waals surface area contributed by atoms with Crippen LogP contribution in [0.1, 0.15) is 24.9 Å². The molecule has 0 saturated carbocycles. The number of benzene rings is 2. The molecule has 0 bridgehead atoms. The normalized spacial score (nSPS) is 13.5. The average Bonchev–Trinajstić information content (AvgIpc) is 2.52. The molecular weight excluding hydrogens is 343 g/mol. The molecule has 0 aromatic heterocycles. The third-order valence-electron chi connectivity index (χ3n) is 3.27. The predicted molar refractivity (Wildman–Crippen MR) is 82.9 cm³/mol. The first-order chi connectivity index (χ1) is 11.2. The summed E-state index contributed by atoms with van der Waals surface area (Å²) in [5.74, 6) is -0.764. The maximum Gasteiger partial charge on any atom is 0.573 e. The molecular formula is C16H16F3NO3S. The second-order valence-corrected chi connectivity index (χ2v) is 6.67. The number of halogens is 3. The Kier molecular flexibility index (Phi) is 5.51. The SMILES string of the molecule is CCC(NS(=O)(=O)c1ccccc1OC(F)(F)F)c1ccccc1. The van der Waals surface area contributed by atoms with Crippen LogP contribution in [-0.2, 0) is 10.0 Å². The van der Waals surface area contributed by atoms with Crippen molar-refractivity contribution in [3.8, 4) is 5.75 Å². The Balaban J connectivity index is 2.34. The first-order valence-corrected chi connectivity index (χ1v) is 8.63. The number of hydrogen-bond acceptors (Lipinski definition) is 3. The summed E-state index contributed by atoms with van der Waals surface area (Å²) in [6.07, 6.45) is -4.54. The van der Waals surface area contributed by atoms with Crippen LogP contribution in [0.25, 0.3) is 0 Å². The Bertz CT molecular complexity index is 777. The van der Waals surface area contributed by atoms with E-state index in [1.165, 1.54) is 12.1 Å². The molecule has 4 nitrogen and oxygen atoms in total. The largest absolute Gasteiger partial charge is 0.573 e. The minimum atomic E-state index is -4.98. The first kappa shape index (κ1) is 18.3. The van der Waals surface area contributed by atoms with Gasteiger partial charge in [-0.1, -0.05) is 49.4 Å². The van der Waals surface area contributed by atoms with Gasteiger partial charge in [0, 0.05) is 6.04 Å². The van der Waals surface area contributed by atoms with Crippen LogP contribution in [0, 0.1) is 0 Å². The van der Waals surface area contributed by atoms with Crippen LogP contribution < -0.4 is 9.46 Å². The van der Waals surface area contributed by atoms with Crippen LogP contribution in [0.4, 0.5) is 13.2 Å². The van der Waals surface area contributed by atoms with Crippen molar-refractivity contribution < 1.29 is 26.3 Å². The lowest BCUT2D eigenvalue weighted by Crippen LogP contribution is -2.29. The Morgan fingerprint density at radius 3 is 2.21 bits per heavy atom. The van der Waals surface area contributed by atoms with E-state index in [1.54, 1.807) is 37.3 Å². The number of para-hydroxylation sites is 1. The molecule has 1 N–H and O–H groups in total. The summed E-state index contributed by atoms with van der Waals surface area (Å²) in [6.45, 7) is 1.78. The summed E-state index contributed by atoms with van der Waals surface area (Å²) >= 11 is 0.